The Bertz CT molecular complexity index is 599. The van der Waals surface area contributed by atoms with Gasteiger partial charge in [0.15, 0.2) is 11.6 Å². The van der Waals surface area contributed by atoms with Crippen LogP contribution in [0.4, 0.5) is 14.5 Å². The van der Waals surface area contributed by atoms with E-state index in [0.717, 1.165) is 23.1 Å². The van der Waals surface area contributed by atoms with Crippen LogP contribution in [0.2, 0.25) is 0 Å². The molecule has 0 spiro atoms. The minimum absolute atomic E-state index is 0.437. The van der Waals surface area contributed by atoms with Gasteiger partial charge in [0.25, 0.3) is 0 Å². The molecule has 0 aromatic heterocycles. The number of hydrogen-bond donors (Lipinski definition) is 1. The van der Waals surface area contributed by atoms with Crippen LogP contribution < -0.4 is 10.1 Å². The molecule has 0 atom stereocenters. The van der Waals surface area contributed by atoms with Crippen LogP contribution in [0, 0.1) is 18.6 Å². The van der Waals surface area contributed by atoms with Gasteiger partial charge in [0, 0.05) is 12.2 Å². The zero-order valence-electron chi connectivity index (χ0n) is 11.5. The first-order valence-corrected chi connectivity index (χ1v) is 6.51. The number of anilines is 1. The normalized spacial score (nSPS) is 10.4. The summed E-state index contributed by atoms with van der Waals surface area (Å²) < 4.78 is 31.4. The van der Waals surface area contributed by atoms with Gasteiger partial charge >= 0.3 is 0 Å². The highest BCUT2D eigenvalue weighted by molar-refractivity contribution is 5.53. The first-order chi connectivity index (χ1) is 9.60. The second-order valence-electron chi connectivity index (χ2n) is 4.51. The maximum Gasteiger partial charge on any atom is 0.159 e. The third-order valence-corrected chi connectivity index (χ3v) is 2.98. The van der Waals surface area contributed by atoms with Gasteiger partial charge in [0.05, 0.1) is 6.61 Å². The minimum atomic E-state index is -0.828. The Morgan fingerprint density at radius 1 is 1.05 bits per heavy atom. The molecule has 4 heteroatoms. The summed E-state index contributed by atoms with van der Waals surface area (Å²) in [4.78, 5) is 0. The molecule has 2 aromatic carbocycles. The van der Waals surface area contributed by atoms with Gasteiger partial charge in [-0.15, -0.1) is 0 Å². The molecule has 0 fully saturated rings. The molecule has 0 aliphatic carbocycles. The van der Waals surface area contributed by atoms with E-state index in [-0.39, 0.29) is 0 Å². The fourth-order valence-electron chi connectivity index (χ4n) is 1.94. The fraction of sp³-hybridized carbons (Fsp3) is 0.250. The lowest BCUT2D eigenvalue weighted by atomic mass is 10.1. The highest BCUT2D eigenvalue weighted by atomic mass is 19.2. The number of aryl methyl sites for hydroxylation is 1. The molecular formula is C16H17F2NO. The van der Waals surface area contributed by atoms with E-state index in [2.05, 4.69) is 5.32 Å². The van der Waals surface area contributed by atoms with E-state index in [1.165, 1.54) is 6.07 Å². The molecule has 106 valence electrons. The van der Waals surface area contributed by atoms with Crippen LogP contribution in [0.15, 0.2) is 36.4 Å². The Morgan fingerprint density at radius 3 is 2.50 bits per heavy atom. The van der Waals surface area contributed by atoms with Gasteiger partial charge in [0.1, 0.15) is 5.75 Å². The largest absolute Gasteiger partial charge is 0.494 e. The van der Waals surface area contributed by atoms with Crippen LogP contribution in [0.3, 0.4) is 0 Å². The van der Waals surface area contributed by atoms with Crippen molar-refractivity contribution >= 4 is 5.69 Å². The molecule has 2 rings (SSSR count). The average molecular weight is 277 g/mol. The maximum atomic E-state index is 13.1. The van der Waals surface area contributed by atoms with Crippen molar-refractivity contribution in [1.29, 1.82) is 0 Å². The van der Waals surface area contributed by atoms with E-state index >= 15 is 0 Å². The molecule has 0 saturated carbocycles. The molecule has 0 aliphatic heterocycles. The summed E-state index contributed by atoms with van der Waals surface area (Å²) in [5, 5.41) is 3.20. The van der Waals surface area contributed by atoms with Crippen molar-refractivity contribution in [1.82, 2.24) is 0 Å². The first-order valence-electron chi connectivity index (χ1n) is 6.51. The Labute approximate surface area is 117 Å². The third kappa shape index (κ3) is 3.47. The van der Waals surface area contributed by atoms with Crippen molar-refractivity contribution in [3.63, 3.8) is 0 Å². The summed E-state index contributed by atoms with van der Waals surface area (Å²) in [6.45, 7) is 4.97. The van der Waals surface area contributed by atoms with Crippen LogP contribution in [-0.4, -0.2) is 6.61 Å². The molecule has 2 nitrogen and oxygen atoms in total. The molecule has 0 amide bonds. The molecule has 2 aromatic rings. The van der Waals surface area contributed by atoms with Crippen molar-refractivity contribution in [3.05, 3.63) is 59.2 Å². The number of benzene rings is 2. The Balaban J connectivity index is 2.05. The fourth-order valence-corrected chi connectivity index (χ4v) is 1.94. The Morgan fingerprint density at radius 2 is 1.85 bits per heavy atom. The average Bonchev–Trinajstić information content (AvgIpc) is 2.42. The monoisotopic (exact) mass is 277 g/mol. The first kappa shape index (κ1) is 14.3. The molecule has 0 radical (unpaired) electrons. The van der Waals surface area contributed by atoms with Gasteiger partial charge in [-0.3, -0.25) is 0 Å². The minimum Gasteiger partial charge on any atom is -0.494 e. The van der Waals surface area contributed by atoms with Gasteiger partial charge < -0.3 is 10.1 Å². The number of ether oxygens (including phenoxy) is 1. The Hall–Kier alpha value is -2.10. The number of hydrogen-bond acceptors (Lipinski definition) is 2. The highest BCUT2D eigenvalue weighted by Gasteiger charge is 2.04. The van der Waals surface area contributed by atoms with Crippen molar-refractivity contribution in [2.75, 3.05) is 11.9 Å². The summed E-state index contributed by atoms with van der Waals surface area (Å²) in [6.07, 6.45) is 0. The lowest BCUT2D eigenvalue weighted by molar-refractivity contribution is 0.340. The lowest BCUT2D eigenvalue weighted by Gasteiger charge is -2.11. The van der Waals surface area contributed by atoms with Crippen LogP contribution in [0.25, 0.3) is 0 Å². The van der Waals surface area contributed by atoms with Gasteiger partial charge in [-0.1, -0.05) is 6.07 Å². The van der Waals surface area contributed by atoms with Crippen molar-refractivity contribution in [2.24, 2.45) is 0 Å². The highest BCUT2D eigenvalue weighted by Crippen LogP contribution is 2.22. The van der Waals surface area contributed by atoms with E-state index in [1.807, 2.05) is 32.0 Å². The maximum absolute atomic E-state index is 13.1. The summed E-state index contributed by atoms with van der Waals surface area (Å²) in [5.41, 5.74) is 2.67. The van der Waals surface area contributed by atoms with Crippen molar-refractivity contribution in [2.45, 2.75) is 20.4 Å². The molecule has 0 heterocycles. The number of halogens is 2. The summed E-state index contributed by atoms with van der Waals surface area (Å²) in [6, 6.07) is 9.64. The van der Waals surface area contributed by atoms with E-state index in [0.29, 0.717) is 18.7 Å². The standard InChI is InChI=1S/C16H17F2NO/c1-3-20-13-5-7-16(11(2)8-13)19-10-12-4-6-14(17)15(18)9-12/h4-9,19H,3,10H2,1-2H3. The number of nitrogens with one attached hydrogen (secondary N) is 1. The second-order valence-corrected chi connectivity index (χ2v) is 4.51. The molecule has 0 unspecified atom stereocenters. The summed E-state index contributed by atoms with van der Waals surface area (Å²) >= 11 is 0. The molecule has 20 heavy (non-hydrogen) atoms. The predicted octanol–water partition coefficient (Wildman–Crippen LogP) is 4.28. The van der Waals surface area contributed by atoms with E-state index in [4.69, 9.17) is 4.74 Å². The van der Waals surface area contributed by atoms with Gasteiger partial charge in [-0.05, 0) is 55.3 Å². The van der Waals surface area contributed by atoms with Gasteiger partial charge in [-0.2, -0.15) is 0 Å². The number of rotatable bonds is 5. The van der Waals surface area contributed by atoms with Gasteiger partial charge in [0.2, 0.25) is 0 Å². The van der Waals surface area contributed by atoms with Crippen LogP contribution in [0.5, 0.6) is 5.75 Å². The second kappa shape index (κ2) is 6.37. The SMILES string of the molecule is CCOc1ccc(NCc2ccc(F)c(F)c2)c(C)c1. The quantitative estimate of drug-likeness (QED) is 0.880. The van der Waals surface area contributed by atoms with Crippen molar-refractivity contribution < 1.29 is 13.5 Å². The lowest BCUT2D eigenvalue weighted by Crippen LogP contribution is -2.02. The van der Waals surface area contributed by atoms with E-state index in [1.54, 1.807) is 6.07 Å². The summed E-state index contributed by atoms with van der Waals surface area (Å²) in [7, 11) is 0. The molecular weight excluding hydrogens is 260 g/mol. The molecule has 0 aliphatic rings. The predicted molar refractivity (Wildman–Crippen MR) is 76.0 cm³/mol. The molecule has 0 bridgehead atoms. The van der Waals surface area contributed by atoms with Crippen LogP contribution in [0.1, 0.15) is 18.1 Å². The van der Waals surface area contributed by atoms with Crippen molar-refractivity contribution in [3.8, 4) is 5.75 Å². The molecule has 1 N–H and O–H groups in total. The summed E-state index contributed by atoms with van der Waals surface area (Å²) in [5.74, 6) is -0.831. The smallest absolute Gasteiger partial charge is 0.159 e. The third-order valence-electron chi connectivity index (χ3n) is 2.98. The molecule has 0 saturated heterocycles. The van der Waals surface area contributed by atoms with Crippen LogP contribution in [-0.2, 0) is 6.54 Å². The Kier molecular flexibility index (Phi) is 4.56. The zero-order valence-corrected chi connectivity index (χ0v) is 11.5. The van der Waals surface area contributed by atoms with E-state index in [9.17, 15) is 8.78 Å². The zero-order chi connectivity index (χ0) is 14.5. The van der Waals surface area contributed by atoms with E-state index < -0.39 is 11.6 Å². The van der Waals surface area contributed by atoms with Crippen LogP contribution >= 0.6 is 0 Å². The topological polar surface area (TPSA) is 21.3 Å². The van der Waals surface area contributed by atoms with Gasteiger partial charge in [-0.25, -0.2) is 8.78 Å².